The lowest BCUT2D eigenvalue weighted by Gasteiger charge is -2.13. The van der Waals surface area contributed by atoms with Gasteiger partial charge in [0.1, 0.15) is 11.0 Å². The van der Waals surface area contributed by atoms with Crippen LogP contribution < -0.4 is 0 Å². The number of esters is 1. The molecule has 0 aromatic heterocycles. The van der Waals surface area contributed by atoms with Crippen molar-refractivity contribution >= 4 is 21.5 Å². The lowest BCUT2D eigenvalue weighted by atomic mass is 10.1. The third-order valence-electron chi connectivity index (χ3n) is 3.34. The smallest absolute Gasteiger partial charge is 0.338 e. The van der Waals surface area contributed by atoms with Crippen molar-refractivity contribution in [3.05, 3.63) is 69.8 Å². The largest absolute Gasteiger partial charge is 0.454 e. The van der Waals surface area contributed by atoms with E-state index in [9.17, 15) is 23.3 Å². The number of hydrogen-bond donors (Lipinski definition) is 0. The third kappa shape index (κ3) is 3.96. The molecule has 2 rings (SSSR count). The zero-order valence-corrected chi connectivity index (χ0v) is 13.8. The fraction of sp³-hybridized carbons (Fsp3) is 0.188. The van der Waals surface area contributed by atoms with E-state index in [1.165, 1.54) is 6.07 Å². The molecule has 1 atom stereocenters. The zero-order chi connectivity index (χ0) is 17.9. The second-order valence-electron chi connectivity index (χ2n) is 5.17. The van der Waals surface area contributed by atoms with Crippen molar-refractivity contribution in [3.63, 3.8) is 0 Å². The summed E-state index contributed by atoms with van der Waals surface area (Å²) in [5.74, 6) is -0.769. The number of nitro benzene ring substituents is 1. The minimum absolute atomic E-state index is 0.0862. The van der Waals surface area contributed by atoms with E-state index in [-0.39, 0.29) is 5.56 Å². The molecule has 24 heavy (non-hydrogen) atoms. The normalized spacial score (nSPS) is 12.4. The minimum Gasteiger partial charge on any atom is -0.454 e. The molecule has 126 valence electrons. The highest BCUT2D eigenvalue weighted by atomic mass is 32.2. The Morgan fingerprint density at radius 2 is 1.79 bits per heavy atom. The van der Waals surface area contributed by atoms with Crippen molar-refractivity contribution < 1.29 is 22.9 Å². The Morgan fingerprint density at radius 1 is 1.17 bits per heavy atom. The molecule has 0 saturated heterocycles. The number of ether oxygens (including phenoxy) is 1. The van der Waals surface area contributed by atoms with Crippen molar-refractivity contribution in [2.45, 2.75) is 17.9 Å². The van der Waals surface area contributed by atoms with E-state index >= 15 is 0 Å². The maximum Gasteiger partial charge on any atom is 0.338 e. The van der Waals surface area contributed by atoms with E-state index < -0.39 is 37.4 Å². The molecule has 7 nitrogen and oxygen atoms in total. The van der Waals surface area contributed by atoms with Gasteiger partial charge in [-0.3, -0.25) is 10.1 Å². The van der Waals surface area contributed by atoms with Gasteiger partial charge in [0.25, 0.3) is 5.69 Å². The quantitative estimate of drug-likeness (QED) is 0.467. The summed E-state index contributed by atoms with van der Waals surface area (Å²) in [5, 5.41) is 11.1. The molecule has 0 fully saturated rings. The molecule has 0 bridgehead atoms. The number of nitrogens with zero attached hydrogens (tertiary/aromatic N) is 1. The van der Waals surface area contributed by atoms with Gasteiger partial charge in [0, 0.05) is 12.3 Å². The van der Waals surface area contributed by atoms with Crippen LogP contribution in [0.15, 0.2) is 53.4 Å². The Bertz CT molecular complexity index is 877. The molecule has 2 aromatic rings. The van der Waals surface area contributed by atoms with E-state index in [1.807, 2.05) is 6.07 Å². The standard InChI is InChI=1S/C16H15NO6S/c1-11(12-6-4-3-5-7-12)23-16(18)13-8-9-15(24(2,21)22)14(10-13)17(19)20/h3-11H,1-2H3/t11-/m0/s1. The van der Waals surface area contributed by atoms with Gasteiger partial charge < -0.3 is 4.74 Å². The van der Waals surface area contributed by atoms with Gasteiger partial charge in [-0.2, -0.15) is 0 Å². The Kier molecular flexibility index (Phi) is 4.99. The van der Waals surface area contributed by atoms with Crippen LogP contribution in [0.25, 0.3) is 0 Å². The van der Waals surface area contributed by atoms with Crippen molar-refractivity contribution in [1.82, 2.24) is 0 Å². The van der Waals surface area contributed by atoms with Gasteiger partial charge in [-0.05, 0) is 24.6 Å². The molecule has 0 unspecified atom stereocenters. The topological polar surface area (TPSA) is 104 Å². The molecule has 0 aliphatic carbocycles. The third-order valence-corrected chi connectivity index (χ3v) is 4.49. The van der Waals surface area contributed by atoms with Crippen molar-refractivity contribution in [2.24, 2.45) is 0 Å². The molecular formula is C16H15NO6S. The van der Waals surface area contributed by atoms with Gasteiger partial charge in [-0.1, -0.05) is 30.3 Å². The highest BCUT2D eigenvalue weighted by Crippen LogP contribution is 2.26. The highest BCUT2D eigenvalue weighted by Gasteiger charge is 2.25. The fourth-order valence-corrected chi connectivity index (χ4v) is 2.95. The van der Waals surface area contributed by atoms with Crippen molar-refractivity contribution in [2.75, 3.05) is 6.26 Å². The molecule has 0 heterocycles. The lowest BCUT2D eigenvalue weighted by molar-refractivity contribution is -0.387. The molecule has 0 spiro atoms. The van der Waals surface area contributed by atoms with Gasteiger partial charge in [0.15, 0.2) is 9.84 Å². The summed E-state index contributed by atoms with van der Waals surface area (Å²) in [6, 6.07) is 12.1. The van der Waals surface area contributed by atoms with Crippen LogP contribution >= 0.6 is 0 Å². The lowest BCUT2D eigenvalue weighted by Crippen LogP contribution is -2.11. The molecular weight excluding hydrogens is 334 g/mol. The number of sulfone groups is 1. The first-order valence-electron chi connectivity index (χ1n) is 6.94. The van der Waals surface area contributed by atoms with E-state index in [2.05, 4.69) is 0 Å². The first-order chi connectivity index (χ1) is 11.2. The summed E-state index contributed by atoms with van der Waals surface area (Å²) in [4.78, 5) is 22.0. The molecule has 0 aliphatic rings. The molecule has 0 saturated carbocycles. The Morgan fingerprint density at radius 3 is 2.33 bits per heavy atom. The molecule has 2 aromatic carbocycles. The number of hydrogen-bond acceptors (Lipinski definition) is 6. The maximum atomic E-state index is 12.2. The monoisotopic (exact) mass is 349 g/mol. The molecule has 0 N–H and O–H groups in total. The first-order valence-corrected chi connectivity index (χ1v) is 8.83. The van der Waals surface area contributed by atoms with Crippen LogP contribution in [0.1, 0.15) is 28.9 Å². The fourth-order valence-electron chi connectivity index (χ4n) is 2.12. The van der Waals surface area contributed by atoms with E-state index in [1.54, 1.807) is 31.2 Å². The van der Waals surface area contributed by atoms with E-state index in [0.717, 1.165) is 24.0 Å². The van der Waals surface area contributed by atoms with Crippen molar-refractivity contribution in [3.8, 4) is 0 Å². The molecule has 0 radical (unpaired) electrons. The highest BCUT2D eigenvalue weighted by molar-refractivity contribution is 7.90. The van der Waals surface area contributed by atoms with E-state index in [4.69, 9.17) is 4.74 Å². The molecule has 0 amide bonds. The molecule has 8 heteroatoms. The van der Waals surface area contributed by atoms with Crippen molar-refractivity contribution in [1.29, 1.82) is 0 Å². The summed E-state index contributed by atoms with van der Waals surface area (Å²) in [6.07, 6.45) is 0.317. The zero-order valence-electron chi connectivity index (χ0n) is 13.0. The van der Waals surface area contributed by atoms with Crippen LogP contribution in [-0.4, -0.2) is 25.6 Å². The van der Waals surface area contributed by atoms with Gasteiger partial charge in [0.05, 0.1) is 10.5 Å². The number of rotatable bonds is 5. The summed E-state index contributed by atoms with van der Waals surface area (Å²) in [5.41, 5.74) is 0.0318. The predicted molar refractivity (Wildman–Crippen MR) is 86.5 cm³/mol. The average molecular weight is 349 g/mol. The van der Waals surface area contributed by atoms with Gasteiger partial charge in [0.2, 0.25) is 0 Å². The number of nitro groups is 1. The van der Waals surface area contributed by atoms with Crippen LogP contribution in [0, 0.1) is 10.1 Å². The van der Waals surface area contributed by atoms with Gasteiger partial charge >= 0.3 is 5.97 Å². The SMILES string of the molecule is C[C@H](OC(=O)c1ccc(S(C)(=O)=O)c([N+](=O)[O-])c1)c1ccccc1. The predicted octanol–water partition coefficient (Wildman–Crippen LogP) is 2.92. The van der Waals surface area contributed by atoms with Crippen LogP contribution in [0.4, 0.5) is 5.69 Å². The average Bonchev–Trinajstić information content (AvgIpc) is 2.54. The Labute approximate surface area is 139 Å². The van der Waals surface area contributed by atoms with E-state index in [0.29, 0.717) is 0 Å². The van der Waals surface area contributed by atoms with Gasteiger partial charge in [-0.15, -0.1) is 0 Å². The summed E-state index contributed by atoms with van der Waals surface area (Å²) >= 11 is 0. The number of carbonyl (C=O) groups excluding carboxylic acids is 1. The first kappa shape index (κ1) is 17.6. The second-order valence-corrected chi connectivity index (χ2v) is 7.15. The summed E-state index contributed by atoms with van der Waals surface area (Å²) < 4.78 is 28.4. The summed E-state index contributed by atoms with van der Waals surface area (Å²) in [7, 11) is -3.78. The second kappa shape index (κ2) is 6.79. The van der Waals surface area contributed by atoms with Crippen LogP contribution in [0.2, 0.25) is 0 Å². The number of benzene rings is 2. The summed E-state index contributed by atoms with van der Waals surface area (Å²) in [6.45, 7) is 1.67. The maximum absolute atomic E-state index is 12.2. The minimum atomic E-state index is -3.78. The Hall–Kier alpha value is -2.74. The van der Waals surface area contributed by atoms with Gasteiger partial charge in [-0.25, -0.2) is 13.2 Å². The van der Waals surface area contributed by atoms with Crippen LogP contribution in [-0.2, 0) is 14.6 Å². The molecule has 0 aliphatic heterocycles. The van der Waals surface area contributed by atoms with Crippen LogP contribution in [0.3, 0.4) is 0 Å². The Balaban J connectivity index is 2.30. The number of carbonyl (C=O) groups is 1. The van der Waals surface area contributed by atoms with Crippen LogP contribution in [0.5, 0.6) is 0 Å².